The number of fused-ring (bicyclic) bond motifs is 2. The molecule has 0 aliphatic carbocycles. The first-order chi connectivity index (χ1) is 12.2. The summed E-state index contributed by atoms with van der Waals surface area (Å²) < 4.78 is 2.07. The SMILES string of the molecule is CN1CCCC(NC(=O)C2CCc3nncn3CC2)c2ccccc21. The first-order valence-electron chi connectivity index (χ1n) is 9.19. The van der Waals surface area contributed by atoms with Gasteiger partial charge in [0.25, 0.3) is 0 Å². The number of nitrogens with zero attached hydrogens (tertiary/aromatic N) is 4. The Morgan fingerprint density at radius 3 is 3.00 bits per heavy atom. The Morgan fingerprint density at radius 1 is 1.20 bits per heavy atom. The molecule has 6 heteroatoms. The molecule has 0 fully saturated rings. The Hall–Kier alpha value is -2.37. The third kappa shape index (κ3) is 3.25. The summed E-state index contributed by atoms with van der Waals surface area (Å²) in [6.45, 7) is 1.85. The topological polar surface area (TPSA) is 63.1 Å². The quantitative estimate of drug-likeness (QED) is 0.912. The molecule has 1 aromatic heterocycles. The van der Waals surface area contributed by atoms with Gasteiger partial charge in [-0.2, -0.15) is 0 Å². The molecule has 0 saturated carbocycles. The molecule has 0 bridgehead atoms. The highest BCUT2D eigenvalue weighted by Gasteiger charge is 2.27. The molecule has 3 heterocycles. The van der Waals surface area contributed by atoms with Crippen LogP contribution in [0.15, 0.2) is 30.6 Å². The van der Waals surface area contributed by atoms with Gasteiger partial charge in [-0.05, 0) is 37.3 Å². The van der Waals surface area contributed by atoms with Crippen LogP contribution in [0.4, 0.5) is 5.69 Å². The summed E-state index contributed by atoms with van der Waals surface area (Å²) in [7, 11) is 2.13. The predicted molar refractivity (Wildman–Crippen MR) is 96.3 cm³/mol. The maximum atomic E-state index is 12.9. The number of hydrogen-bond acceptors (Lipinski definition) is 4. The molecule has 1 amide bonds. The van der Waals surface area contributed by atoms with E-state index in [1.165, 1.54) is 11.3 Å². The first-order valence-corrected chi connectivity index (χ1v) is 9.19. The zero-order chi connectivity index (χ0) is 17.2. The molecule has 0 saturated heterocycles. The molecule has 1 N–H and O–H groups in total. The predicted octanol–water partition coefficient (Wildman–Crippen LogP) is 2.32. The molecule has 2 aliphatic heterocycles. The zero-order valence-corrected chi connectivity index (χ0v) is 14.7. The fourth-order valence-electron chi connectivity index (χ4n) is 4.04. The van der Waals surface area contributed by atoms with Gasteiger partial charge in [-0.1, -0.05) is 18.2 Å². The molecule has 4 rings (SSSR count). The molecule has 0 radical (unpaired) electrons. The van der Waals surface area contributed by atoms with E-state index in [2.05, 4.69) is 56.3 Å². The van der Waals surface area contributed by atoms with E-state index >= 15 is 0 Å². The molecule has 1 aromatic carbocycles. The molecule has 132 valence electrons. The van der Waals surface area contributed by atoms with E-state index in [1.807, 2.05) is 0 Å². The van der Waals surface area contributed by atoms with Crippen LogP contribution in [0.3, 0.4) is 0 Å². The van der Waals surface area contributed by atoms with Gasteiger partial charge in [0.1, 0.15) is 12.2 Å². The number of aryl methyl sites for hydroxylation is 2. The normalized spacial score (nSPS) is 23.2. The van der Waals surface area contributed by atoms with E-state index in [-0.39, 0.29) is 17.9 Å². The van der Waals surface area contributed by atoms with Crippen molar-refractivity contribution in [1.29, 1.82) is 0 Å². The lowest BCUT2D eigenvalue weighted by atomic mass is 9.96. The fraction of sp³-hybridized carbons (Fsp3) is 0.526. The summed E-state index contributed by atoms with van der Waals surface area (Å²) in [6.07, 6.45) is 6.37. The van der Waals surface area contributed by atoms with Crippen molar-refractivity contribution in [2.75, 3.05) is 18.5 Å². The van der Waals surface area contributed by atoms with Crippen LogP contribution in [-0.4, -0.2) is 34.3 Å². The summed E-state index contributed by atoms with van der Waals surface area (Å²) in [6, 6.07) is 8.54. The second kappa shape index (κ2) is 6.86. The minimum absolute atomic E-state index is 0.0508. The number of hydrogen-bond donors (Lipinski definition) is 1. The van der Waals surface area contributed by atoms with Crippen molar-refractivity contribution in [3.8, 4) is 0 Å². The van der Waals surface area contributed by atoms with Gasteiger partial charge < -0.3 is 14.8 Å². The van der Waals surface area contributed by atoms with Crippen LogP contribution in [0.5, 0.6) is 0 Å². The highest BCUT2D eigenvalue weighted by atomic mass is 16.1. The Morgan fingerprint density at radius 2 is 2.08 bits per heavy atom. The number of amides is 1. The van der Waals surface area contributed by atoms with Crippen LogP contribution < -0.4 is 10.2 Å². The van der Waals surface area contributed by atoms with Crippen LogP contribution in [0.25, 0.3) is 0 Å². The van der Waals surface area contributed by atoms with Gasteiger partial charge in [-0.3, -0.25) is 4.79 Å². The monoisotopic (exact) mass is 339 g/mol. The van der Waals surface area contributed by atoms with Crippen LogP contribution in [-0.2, 0) is 17.8 Å². The van der Waals surface area contributed by atoms with E-state index < -0.39 is 0 Å². The van der Waals surface area contributed by atoms with Gasteiger partial charge in [-0.15, -0.1) is 10.2 Å². The van der Waals surface area contributed by atoms with E-state index in [1.54, 1.807) is 6.33 Å². The smallest absolute Gasteiger partial charge is 0.223 e. The lowest BCUT2D eigenvalue weighted by molar-refractivity contribution is -0.126. The Bertz CT molecular complexity index is 733. The number of carbonyl (C=O) groups excluding carboxylic acids is 1. The summed E-state index contributed by atoms with van der Waals surface area (Å²) in [5.74, 6) is 1.23. The summed E-state index contributed by atoms with van der Waals surface area (Å²) in [4.78, 5) is 15.2. The maximum absolute atomic E-state index is 12.9. The zero-order valence-electron chi connectivity index (χ0n) is 14.7. The summed E-state index contributed by atoms with van der Waals surface area (Å²) in [5, 5.41) is 11.5. The second-order valence-electron chi connectivity index (χ2n) is 7.15. The molecule has 2 aromatic rings. The molecule has 0 spiro atoms. The van der Waals surface area contributed by atoms with Crippen LogP contribution in [0.2, 0.25) is 0 Å². The molecule has 2 unspecified atom stereocenters. The van der Waals surface area contributed by atoms with E-state index in [0.29, 0.717) is 0 Å². The van der Waals surface area contributed by atoms with Crippen molar-refractivity contribution in [3.05, 3.63) is 42.0 Å². The van der Waals surface area contributed by atoms with Gasteiger partial charge in [0, 0.05) is 38.2 Å². The lowest BCUT2D eigenvalue weighted by Crippen LogP contribution is -2.34. The molecule has 2 aliphatic rings. The van der Waals surface area contributed by atoms with Crippen molar-refractivity contribution in [3.63, 3.8) is 0 Å². The maximum Gasteiger partial charge on any atom is 0.223 e. The van der Waals surface area contributed by atoms with Crippen molar-refractivity contribution in [2.24, 2.45) is 5.92 Å². The molecule has 25 heavy (non-hydrogen) atoms. The standard InChI is InChI=1S/C19H25N5O/c1-23-11-4-6-16(15-5-2-3-7-17(15)23)21-19(25)14-8-9-18-22-20-13-24(18)12-10-14/h2-3,5,7,13-14,16H,4,6,8-12H2,1H3,(H,21,25). The van der Waals surface area contributed by atoms with Crippen molar-refractivity contribution in [2.45, 2.75) is 44.7 Å². The van der Waals surface area contributed by atoms with Crippen molar-refractivity contribution >= 4 is 11.6 Å². The number of benzene rings is 1. The third-order valence-corrected chi connectivity index (χ3v) is 5.53. The molecule has 6 nitrogen and oxygen atoms in total. The summed E-state index contributed by atoms with van der Waals surface area (Å²) in [5.41, 5.74) is 2.47. The van der Waals surface area contributed by atoms with Crippen molar-refractivity contribution in [1.82, 2.24) is 20.1 Å². The van der Waals surface area contributed by atoms with Crippen LogP contribution in [0, 0.1) is 5.92 Å². The number of anilines is 1. The van der Waals surface area contributed by atoms with Crippen LogP contribution in [0.1, 0.15) is 43.1 Å². The fourth-order valence-corrected chi connectivity index (χ4v) is 4.04. The van der Waals surface area contributed by atoms with Crippen LogP contribution >= 0.6 is 0 Å². The largest absolute Gasteiger partial charge is 0.374 e. The lowest BCUT2D eigenvalue weighted by Gasteiger charge is -2.24. The molecular weight excluding hydrogens is 314 g/mol. The van der Waals surface area contributed by atoms with E-state index in [4.69, 9.17) is 0 Å². The van der Waals surface area contributed by atoms with E-state index in [9.17, 15) is 4.79 Å². The second-order valence-corrected chi connectivity index (χ2v) is 7.15. The van der Waals surface area contributed by atoms with E-state index in [0.717, 1.165) is 51.0 Å². The van der Waals surface area contributed by atoms with Gasteiger partial charge in [0.05, 0.1) is 6.04 Å². The Kier molecular flexibility index (Phi) is 4.42. The van der Waals surface area contributed by atoms with Gasteiger partial charge in [0.15, 0.2) is 0 Å². The highest BCUT2D eigenvalue weighted by molar-refractivity contribution is 5.79. The number of para-hydroxylation sites is 1. The average Bonchev–Trinajstić information content (AvgIpc) is 2.90. The molecular formula is C19H25N5O. The van der Waals surface area contributed by atoms with Crippen molar-refractivity contribution < 1.29 is 4.79 Å². The van der Waals surface area contributed by atoms with Gasteiger partial charge >= 0.3 is 0 Å². The van der Waals surface area contributed by atoms with Gasteiger partial charge in [0.2, 0.25) is 5.91 Å². The highest BCUT2D eigenvalue weighted by Crippen LogP contribution is 2.32. The average molecular weight is 339 g/mol. The number of nitrogens with one attached hydrogen (secondary N) is 1. The summed E-state index contributed by atoms with van der Waals surface area (Å²) >= 11 is 0. The number of rotatable bonds is 2. The minimum atomic E-state index is 0.0508. The number of aromatic nitrogens is 3. The Labute approximate surface area is 148 Å². The number of carbonyl (C=O) groups is 1. The first kappa shape index (κ1) is 16.1. The minimum Gasteiger partial charge on any atom is -0.374 e. The molecule has 2 atom stereocenters. The van der Waals surface area contributed by atoms with Gasteiger partial charge in [-0.25, -0.2) is 0 Å². The third-order valence-electron chi connectivity index (χ3n) is 5.53. The Balaban J connectivity index is 1.47.